The molecule has 0 bridgehead atoms. The molecule has 0 atom stereocenters. The number of nitrogens with zero attached hydrogens (tertiary/aromatic N) is 2. The monoisotopic (exact) mass is 595 g/mol. The van der Waals surface area contributed by atoms with Crippen molar-refractivity contribution >= 4 is 63.6 Å². The first kappa shape index (κ1) is 29.4. The first-order valence-corrected chi connectivity index (χ1v) is 14.4. The molecule has 4 amide bonds. The molecule has 1 aliphatic heterocycles. The van der Waals surface area contributed by atoms with Crippen molar-refractivity contribution in [1.29, 1.82) is 0 Å². The maximum Gasteiger partial charge on any atom is 0.412 e. The number of nitrogens with one attached hydrogen (secondary N) is 3. The highest BCUT2D eigenvalue weighted by Crippen LogP contribution is 2.38. The molecule has 11 nitrogen and oxygen atoms in total. The Morgan fingerprint density at radius 1 is 1.05 bits per heavy atom. The minimum absolute atomic E-state index is 0.130. The first-order valence-electron chi connectivity index (χ1n) is 14.1. The van der Waals surface area contributed by atoms with Gasteiger partial charge in [0.1, 0.15) is 22.7 Å². The van der Waals surface area contributed by atoms with Crippen LogP contribution in [0.2, 0.25) is 5.02 Å². The van der Waals surface area contributed by atoms with E-state index in [-0.39, 0.29) is 46.6 Å². The Morgan fingerprint density at radius 2 is 1.81 bits per heavy atom. The molecule has 2 fully saturated rings. The number of likely N-dealkylation sites (tertiary alicyclic amines) is 1. The van der Waals surface area contributed by atoms with Gasteiger partial charge in [0, 0.05) is 31.1 Å². The van der Waals surface area contributed by atoms with Crippen molar-refractivity contribution in [2.75, 3.05) is 22.5 Å². The van der Waals surface area contributed by atoms with Crippen LogP contribution in [0.5, 0.6) is 0 Å². The van der Waals surface area contributed by atoms with Crippen LogP contribution in [0, 0.1) is 5.92 Å². The lowest BCUT2D eigenvalue weighted by Crippen LogP contribution is -2.40. The summed E-state index contributed by atoms with van der Waals surface area (Å²) in [5, 5.41) is 9.07. The quantitative estimate of drug-likeness (QED) is 0.308. The van der Waals surface area contributed by atoms with Crippen LogP contribution in [0.1, 0.15) is 69.9 Å². The predicted octanol–water partition coefficient (Wildman–Crippen LogP) is 6.20. The normalized spacial score (nSPS) is 19.0. The number of pyridine rings is 1. The number of carbonyl (C=O) groups is 4. The van der Waals surface area contributed by atoms with E-state index in [4.69, 9.17) is 20.8 Å². The summed E-state index contributed by atoms with van der Waals surface area (Å²) in [5.41, 5.74) is -0.0179. The van der Waals surface area contributed by atoms with Gasteiger partial charge in [-0.05, 0) is 77.1 Å². The molecule has 2 aromatic heterocycles. The van der Waals surface area contributed by atoms with E-state index in [9.17, 15) is 19.2 Å². The molecule has 0 spiro atoms. The van der Waals surface area contributed by atoms with Crippen molar-refractivity contribution in [1.82, 2.24) is 9.88 Å². The van der Waals surface area contributed by atoms with Gasteiger partial charge in [-0.3, -0.25) is 19.7 Å². The number of halogens is 1. The second kappa shape index (κ2) is 12.0. The maximum atomic E-state index is 13.6. The van der Waals surface area contributed by atoms with Crippen molar-refractivity contribution in [2.45, 2.75) is 70.9 Å². The highest BCUT2D eigenvalue weighted by atomic mass is 35.5. The van der Waals surface area contributed by atoms with Crippen LogP contribution < -0.4 is 16.0 Å². The number of rotatable bonds is 6. The third kappa shape index (κ3) is 6.67. The molecule has 0 radical (unpaired) electrons. The third-order valence-corrected chi connectivity index (χ3v) is 7.62. The zero-order valence-corrected chi connectivity index (χ0v) is 24.5. The van der Waals surface area contributed by atoms with Crippen LogP contribution in [0.4, 0.5) is 22.0 Å². The van der Waals surface area contributed by atoms with E-state index < -0.39 is 17.6 Å². The van der Waals surface area contributed by atoms with Crippen LogP contribution in [-0.4, -0.2) is 51.9 Å². The fraction of sp³-hybridized carbons (Fsp3) is 0.433. The second-order valence-electron chi connectivity index (χ2n) is 11.6. The number of aromatic nitrogens is 1. The number of furan rings is 1. The Kier molecular flexibility index (Phi) is 8.40. The number of hydrogen-bond donors (Lipinski definition) is 3. The van der Waals surface area contributed by atoms with Gasteiger partial charge < -0.3 is 24.7 Å². The minimum atomic E-state index is -0.736. The zero-order valence-electron chi connectivity index (χ0n) is 23.8. The number of amides is 4. The molecule has 3 heterocycles. The van der Waals surface area contributed by atoms with E-state index in [1.54, 1.807) is 51.1 Å². The smallest absolute Gasteiger partial charge is 0.412 e. The van der Waals surface area contributed by atoms with Crippen LogP contribution in [-0.2, 0) is 14.3 Å². The summed E-state index contributed by atoms with van der Waals surface area (Å²) in [7, 11) is 0. The molecular formula is C30H34ClN5O6. The lowest BCUT2D eigenvalue weighted by molar-refractivity contribution is -0.130. The third-order valence-electron chi connectivity index (χ3n) is 7.39. The lowest BCUT2D eigenvalue weighted by atomic mass is 9.84. The first-order chi connectivity index (χ1) is 20.0. The summed E-state index contributed by atoms with van der Waals surface area (Å²) in [6.45, 7) is 6.02. The molecule has 1 aromatic carbocycles. The van der Waals surface area contributed by atoms with E-state index in [0.29, 0.717) is 35.4 Å². The molecule has 3 N–H and O–H groups in total. The standard InChI is InChI=1S/C30H34ClN5O6/c1-30(2,3)42-29(40)33-20-6-4-7-21-24(20)25(26(41-21)28(39)34-22-14-11-18(31)16-32-22)35-27(38)17-9-12-19(13-10-17)36-15-5-8-23(36)37/h4,6-7,11,14,16-17,19H,5,8-10,12-13,15H2,1-3H3,(H,33,40)(H,35,38)(H,32,34,39). The molecule has 3 aromatic rings. The summed E-state index contributed by atoms with van der Waals surface area (Å²) < 4.78 is 11.4. The van der Waals surface area contributed by atoms with Gasteiger partial charge in [-0.2, -0.15) is 0 Å². The lowest BCUT2D eigenvalue weighted by Gasteiger charge is -2.34. The largest absolute Gasteiger partial charge is 0.449 e. The fourth-order valence-corrected chi connectivity index (χ4v) is 5.61. The molecule has 2 aliphatic rings. The van der Waals surface area contributed by atoms with Crippen molar-refractivity contribution < 1.29 is 28.3 Å². The van der Waals surface area contributed by atoms with Crippen LogP contribution in [0.3, 0.4) is 0 Å². The Labute approximate surface area is 248 Å². The maximum absolute atomic E-state index is 13.6. The van der Waals surface area contributed by atoms with Crippen molar-refractivity contribution in [2.24, 2.45) is 5.92 Å². The van der Waals surface area contributed by atoms with Crippen molar-refractivity contribution in [3.05, 3.63) is 47.3 Å². The summed E-state index contributed by atoms with van der Waals surface area (Å²) in [6.07, 6.45) is 4.85. The van der Waals surface area contributed by atoms with Gasteiger partial charge in [0.2, 0.25) is 17.6 Å². The summed E-state index contributed by atoms with van der Waals surface area (Å²) in [6, 6.07) is 8.21. The molecule has 5 rings (SSSR count). The van der Waals surface area contributed by atoms with Gasteiger partial charge in [-0.25, -0.2) is 9.78 Å². The van der Waals surface area contributed by atoms with Gasteiger partial charge in [0.15, 0.2) is 0 Å². The second-order valence-corrected chi connectivity index (χ2v) is 12.0. The van der Waals surface area contributed by atoms with E-state index in [1.165, 1.54) is 6.20 Å². The van der Waals surface area contributed by atoms with E-state index in [2.05, 4.69) is 20.9 Å². The Bertz CT molecular complexity index is 1500. The molecule has 0 unspecified atom stereocenters. The summed E-state index contributed by atoms with van der Waals surface area (Å²) >= 11 is 5.92. The zero-order chi connectivity index (χ0) is 30.0. The van der Waals surface area contributed by atoms with Crippen molar-refractivity contribution in [3.63, 3.8) is 0 Å². The van der Waals surface area contributed by atoms with Crippen molar-refractivity contribution in [3.8, 4) is 0 Å². The SMILES string of the molecule is CC(C)(C)OC(=O)Nc1cccc2oc(C(=O)Nc3ccc(Cl)cn3)c(NC(=O)C3CCC(N4CCCC4=O)CC3)c12. The topological polar surface area (TPSA) is 143 Å². The average Bonchev–Trinajstić information content (AvgIpc) is 3.53. The molecule has 1 saturated carbocycles. The van der Waals surface area contributed by atoms with E-state index >= 15 is 0 Å². The van der Waals surface area contributed by atoms with Crippen LogP contribution in [0.15, 0.2) is 40.9 Å². The van der Waals surface area contributed by atoms with Gasteiger partial charge in [0.05, 0.1) is 16.1 Å². The Hall–Kier alpha value is -4.12. The van der Waals surface area contributed by atoms with Gasteiger partial charge in [0.25, 0.3) is 5.91 Å². The Morgan fingerprint density at radius 3 is 2.45 bits per heavy atom. The number of carbonyl (C=O) groups excluding carboxylic acids is 4. The minimum Gasteiger partial charge on any atom is -0.449 e. The van der Waals surface area contributed by atoms with E-state index in [0.717, 1.165) is 25.8 Å². The highest BCUT2D eigenvalue weighted by molar-refractivity contribution is 6.30. The summed E-state index contributed by atoms with van der Waals surface area (Å²) in [5.74, 6) is -0.952. The number of ether oxygens (including phenoxy) is 1. The predicted molar refractivity (Wildman–Crippen MR) is 159 cm³/mol. The van der Waals surface area contributed by atoms with E-state index in [1.807, 2.05) is 4.90 Å². The molecule has 1 aliphatic carbocycles. The number of fused-ring (bicyclic) bond motifs is 1. The fourth-order valence-electron chi connectivity index (χ4n) is 5.50. The van der Waals surface area contributed by atoms with Crippen LogP contribution in [0.25, 0.3) is 11.0 Å². The van der Waals surface area contributed by atoms with Crippen LogP contribution >= 0.6 is 11.6 Å². The molecule has 222 valence electrons. The number of hydrogen-bond acceptors (Lipinski definition) is 7. The van der Waals surface area contributed by atoms with Gasteiger partial charge >= 0.3 is 6.09 Å². The summed E-state index contributed by atoms with van der Waals surface area (Å²) in [4.78, 5) is 57.9. The van der Waals surface area contributed by atoms with Gasteiger partial charge in [-0.1, -0.05) is 17.7 Å². The number of anilines is 3. The molecule has 12 heteroatoms. The number of benzene rings is 1. The Balaban J connectivity index is 1.42. The van der Waals surface area contributed by atoms with Gasteiger partial charge in [-0.15, -0.1) is 0 Å². The molecular weight excluding hydrogens is 562 g/mol. The molecule has 1 saturated heterocycles. The highest BCUT2D eigenvalue weighted by Gasteiger charge is 2.35. The molecule has 42 heavy (non-hydrogen) atoms. The average molecular weight is 596 g/mol.